The van der Waals surface area contributed by atoms with Gasteiger partial charge in [0.2, 0.25) is 0 Å². The molecule has 0 aliphatic rings. The van der Waals surface area contributed by atoms with Crippen LogP contribution in [0.3, 0.4) is 0 Å². The molecule has 0 aromatic heterocycles. The molecule has 0 atom stereocenters. The van der Waals surface area contributed by atoms with Crippen LogP contribution >= 0.6 is 0 Å². The van der Waals surface area contributed by atoms with Crippen LogP contribution in [0.15, 0.2) is 36.1 Å². The summed E-state index contributed by atoms with van der Waals surface area (Å²) in [5.74, 6) is 0.517. The van der Waals surface area contributed by atoms with Gasteiger partial charge in [-0.1, -0.05) is 32.6 Å². The number of allylic oxidation sites excluding steroid dienone is 5. The van der Waals surface area contributed by atoms with Crippen molar-refractivity contribution in [2.45, 2.75) is 20.8 Å². The topological polar surface area (TPSA) is 26.0 Å². The molecule has 62 valence electrons. The van der Waals surface area contributed by atoms with Crippen molar-refractivity contribution in [3.05, 3.63) is 36.1 Å². The molecule has 0 unspecified atom stereocenters. The molecule has 0 heterocycles. The fraction of sp³-hybridized carbons (Fsp3) is 0.400. The van der Waals surface area contributed by atoms with Gasteiger partial charge in [-0.05, 0) is 24.5 Å². The van der Waals surface area contributed by atoms with E-state index in [0.717, 1.165) is 5.70 Å². The fourth-order valence-corrected chi connectivity index (χ4v) is 0.724. The van der Waals surface area contributed by atoms with E-state index in [1.54, 1.807) is 0 Å². The molecule has 0 radical (unpaired) electrons. The van der Waals surface area contributed by atoms with Crippen LogP contribution in [-0.2, 0) is 0 Å². The maximum Gasteiger partial charge on any atom is 0.00489 e. The lowest BCUT2D eigenvalue weighted by Crippen LogP contribution is -1.91. The molecule has 0 aromatic rings. The highest BCUT2D eigenvalue weighted by Crippen LogP contribution is 2.09. The van der Waals surface area contributed by atoms with E-state index < -0.39 is 0 Å². The summed E-state index contributed by atoms with van der Waals surface area (Å²) >= 11 is 0. The summed E-state index contributed by atoms with van der Waals surface area (Å²) in [4.78, 5) is 0. The summed E-state index contributed by atoms with van der Waals surface area (Å²) in [7, 11) is 0. The zero-order valence-electron chi connectivity index (χ0n) is 7.59. The maximum absolute atomic E-state index is 5.48. The van der Waals surface area contributed by atoms with Crippen molar-refractivity contribution < 1.29 is 0 Å². The summed E-state index contributed by atoms with van der Waals surface area (Å²) in [6.07, 6.45) is 5.77. The summed E-state index contributed by atoms with van der Waals surface area (Å²) < 4.78 is 0. The van der Waals surface area contributed by atoms with Gasteiger partial charge in [0.25, 0.3) is 0 Å². The molecule has 0 aromatic carbocycles. The van der Waals surface area contributed by atoms with Crippen molar-refractivity contribution in [3.63, 3.8) is 0 Å². The Morgan fingerprint density at radius 2 is 1.91 bits per heavy atom. The Hall–Kier alpha value is -0.980. The molecule has 0 spiro atoms. The highest BCUT2D eigenvalue weighted by Gasteiger charge is 1.94. The van der Waals surface area contributed by atoms with E-state index in [0.29, 0.717) is 5.92 Å². The van der Waals surface area contributed by atoms with Crippen molar-refractivity contribution >= 4 is 0 Å². The Bertz CT molecular complexity index is 181. The van der Waals surface area contributed by atoms with Gasteiger partial charge in [0.05, 0.1) is 0 Å². The predicted molar refractivity (Wildman–Crippen MR) is 51.1 cm³/mol. The molecule has 0 amide bonds. The van der Waals surface area contributed by atoms with Crippen molar-refractivity contribution in [2.75, 3.05) is 0 Å². The first kappa shape index (κ1) is 10.0. The molecule has 2 N–H and O–H groups in total. The summed E-state index contributed by atoms with van der Waals surface area (Å²) in [5.41, 5.74) is 7.52. The largest absolute Gasteiger partial charge is 0.402 e. The third-order valence-corrected chi connectivity index (χ3v) is 1.44. The number of hydrogen-bond donors (Lipinski definition) is 1. The summed E-state index contributed by atoms with van der Waals surface area (Å²) in [6.45, 7) is 9.86. The molecule has 0 saturated carbocycles. The quantitative estimate of drug-likeness (QED) is 0.616. The standard InChI is InChI=1S/C10H17N/c1-5-10(8(2)3)7-6-9(4)11/h5-8H,1,11H2,2-4H3/b9-6+,10-7+. The van der Waals surface area contributed by atoms with Crippen molar-refractivity contribution in [2.24, 2.45) is 11.7 Å². The molecule has 1 heteroatoms. The number of hydrogen-bond acceptors (Lipinski definition) is 1. The van der Waals surface area contributed by atoms with Crippen LogP contribution in [0.25, 0.3) is 0 Å². The Morgan fingerprint density at radius 3 is 2.18 bits per heavy atom. The molecule has 0 aliphatic heterocycles. The average molecular weight is 151 g/mol. The van der Waals surface area contributed by atoms with E-state index in [-0.39, 0.29) is 0 Å². The van der Waals surface area contributed by atoms with Gasteiger partial charge >= 0.3 is 0 Å². The van der Waals surface area contributed by atoms with Gasteiger partial charge in [0.1, 0.15) is 0 Å². The second-order valence-electron chi connectivity index (χ2n) is 2.94. The predicted octanol–water partition coefficient (Wildman–Crippen LogP) is 2.62. The Kier molecular flexibility index (Phi) is 4.35. The van der Waals surface area contributed by atoms with E-state index in [9.17, 15) is 0 Å². The van der Waals surface area contributed by atoms with Crippen molar-refractivity contribution in [3.8, 4) is 0 Å². The lowest BCUT2D eigenvalue weighted by molar-refractivity contribution is 0.792. The Labute approximate surface area is 69.3 Å². The minimum Gasteiger partial charge on any atom is -0.402 e. The average Bonchev–Trinajstić information content (AvgIpc) is 1.87. The van der Waals surface area contributed by atoms with Gasteiger partial charge in [0.15, 0.2) is 0 Å². The number of rotatable bonds is 3. The van der Waals surface area contributed by atoms with Gasteiger partial charge in [0, 0.05) is 5.70 Å². The fourth-order valence-electron chi connectivity index (χ4n) is 0.724. The first-order valence-corrected chi connectivity index (χ1v) is 3.84. The van der Waals surface area contributed by atoms with Gasteiger partial charge in [-0.2, -0.15) is 0 Å². The molecule has 1 nitrogen and oxygen atoms in total. The van der Waals surface area contributed by atoms with Crippen LogP contribution in [0.5, 0.6) is 0 Å². The minimum atomic E-state index is 0.517. The smallest absolute Gasteiger partial charge is 0.00489 e. The molecule has 0 saturated heterocycles. The Morgan fingerprint density at radius 1 is 1.36 bits per heavy atom. The zero-order chi connectivity index (χ0) is 8.85. The molecule has 0 rings (SSSR count). The van der Waals surface area contributed by atoms with Crippen LogP contribution in [-0.4, -0.2) is 0 Å². The molecular weight excluding hydrogens is 134 g/mol. The van der Waals surface area contributed by atoms with Gasteiger partial charge in [-0.3, -0.25) is 0 Å². The van der Waals surface area contributed by atoms with Gasteiger partial charge in [-0.25, -0.2) is 0 Å². The Balaban J connectivity index is 4.36. The highest BCUT2D eigenvalue weighted by molar-refractivity contribution is 5.24. The molecule has 0 bridgehead atoms. The molecular formula is C10H17N. The van der Waals surface area contributed by atoms with Crippen molar-refractivity contribution in [1.82, 2.24) is 0 Å². The van der Waals surface area contributed by atoms with Crippen LogP contribution in [0, 0.1) is 5.92 Å². The molecule has 0 aliphatic carbocycles. The summed E-state index contributed by atoms with van der Waals surface area (Å²) in [6, 6.07) is 0. The van der Waals surface area contributed by atoms with Gasteiger partial charge in [-0.15, -0.1) is 0 Å². The van der Waals surface area contributed by atoms with E-state index in [1.165, 1.54) is 5.57 Å². The molecule has 11 heavy (non-hydrogen) atoms. The monoisotopic (exact) mass is 151 g/mol. The van der Waals surface area contributed by atoms with Crippen LogP contribution < -0.4 is 5.73 Å². The highest BCUT2D eigenvalue weighted by atomic mass is 14.5. The lowest BCUT2D eigenvalue weighted by atomic mass is 10.0. The molecule has 0 fully saturated rings. The zero-order valence-corrected chi connectivity index (χ0v) is 7.59. The van der Waals surface area contributed by atoms with E-state index in [2.05, 4.69) is 20.4 Å². The van der Waals surface area contributed by atoms with E-state index in [4.69, 9.17) is 5.73 Å². The lowest BCUT2D eigenvalue weighted by Gasteiger charge is -2.03. The first-order valence-electron chi connectivity index (χ1n) is 3.84. The summed E-state index contributed by atoms with van der Waals surface area (Å²) in [5, 5.41) is 0. The minimum absolute atomic E-state index is 0.517. The SMILES string of the molecule is C=C/C(=C\C=C(/C)N)C(C)C. The van der Waals surface area contributed by atoms with Crippen LogP contribution in [0.4, 0.5) is 0 Å². The normalized spacial score (nSPS) is 13.8. The van der Waals surface area contributed by atoms with E-state index >= 15 is 0 Å². The van der Waals surface area contributed by atoms with Crippen LogP contribution in [0.1, 0.15) is 20.8 Å². The first-order chi connectivity index (χ1) is 5.07. The number of nitrogens with two attached hydrogens (primary N) is 1. The van der Waals surface area contributed by atoms with E-state index in [1.807, 2.05) is 25.2 Å². The third kappa shape index (κ3) is 4.43. The third-order valence-electron chi connectivity index (χ3n) is 1.44. The second-order valence-corrected chi connectivity index (χ2v) is 2.94. The second kappa shape index (κ2) is 4.78. The van der Waals surface area contributed by atoms with Crippen LogP contribution in [0.2, 0.25) is 0 Å². The van der Waals surface area contributed by atoms with Crippen molar-refractivity contribution in [1.29, 1.82) is 0 Å². The van der Waals surface area contributed by atoms with Gasteiger partial charge < -0.3 is 5.73 Å². The maximum atomic E-state index is 5.48.